The molecule has 0 aliphatic carbocycles. The molecule has 1 aromatic heterocycles. The minimum atomic E-state index is -0.501. The van der Waals surface area contributed by atoms with Gasteiger partial charge in [0, 0.05) is 31.5 Å². The van der Waals surface area contributed by atoms with Crippen LogP contribution in [0.25, 0.3) is 0 Å². The topological polar surface area (TPSA) is 68.5 Å². The Morgan fingerprint density at radius 3 is 2.75 bits per heavy atom. The molecule has 6 nitrogen and oxygen atoms in total. The molecule has 1 aromatic rings. The molecule has 0 spiro atoms. The van der Waals surface area contributed by atoms with Crippen molar-refractivity contribution in [2.45, 2.75) is 45.6 Å². The summed E-state index contributed by atoms with van der Waals surface area (Å²) < 4.78 is 12.7. The van der Waals surface area contributed by atoms with Crippen LogP contribution in [0.4, 0.5) is 0 Å². The van der Waals surface area contributed by atoms with E-state index in [9.17, 15) is 5.11 Å². The number of hydrogen-bond donors (Lipinski definition) is 2. The summed E-state index contributed by atoms with van der Waals surface area (Å²) in [5, 5.41) is 13.1. The van der Waals surface area contributed by atoms with Gasteiger partial charge in [-0.05, 0) is 20.8 Å². The van der Waals surface area contributed by atoms with Crippen LogP contribution in [0.2, 0.25) is 0 Å². The molecule has 116 valence electrons. The van der Waals surface area contributed by atoms with Crippen LogP contribution in [0.1, 0.15) is 20.8 Å². The third kappa shape index (κ3) is 8.27. The molecular weight excluding hydrogens is 258 g/mol. The molecule has 0 radical (unpaired) electrons. The molecule has 20 heavy (non-hydrogen) atoms. The first kappa shape index (κ1) is 17.1. The lowest BCUT2D eigenvalue weighted by atomic mass is 10.3. The van der Waals surface area contributed by atoms with Crippen molar-refractivity contribution in [3.8, 4) is 0 Å². The molecule has 0 amide bonds. The van der Waals surface area contributed by atoms with E-state index < -0.39 is 6.10 Å². The number of aromatic nitrogens is 2. The standard InChI is InChI=1S/C14H27N3O3/c1-12(2)20-7-6-19-10-14(18)8-16-13(3)9-17-5-4-15-11-17/h4-5,11-14,16,18H,6-10H2,1-3H3. The Morgan fingerprint density at radius 1 is 1.30 bits per heavy atom. The Balaban J connectivity index is 2.00. The first-order valence-electron chi connectivity index (χ1n) is 7.14. The van der Waals surface area contributed by atoms with Gasteiger partial charge < -0.3 is 24.5 Å². The van der Waals surface area contributed by atoms with Crippen LogP contribution in [-0.4, -0.2) is 59.3 Å². The van der Waals surface area contributed by atoms with Crippen LogP contribution < -0.4 is 5.32 Å². The van der Waals surface area contributed by atoms with Crippen molar-refractivity contribution >= 4 is 0 Å². The summed E-state index contributed by atoms with van der Waals surface area (Å²) in [4.78, 5) is 3.99. The molecule has 0 saturated heterocycles. The maximum atomic E-state index is 9.79. The summed E-state index contributed by atoms with van der Waals surface area (Å²) in [6, 6.07) is 0.267. The molecule has 1 heterocycles. The predicted octanol–water partition coefficient (Wildman–Crippen LogP) is 0.664. The van der Waals surface area contributed by atoms with E-state index in [4.69, 9.17) is 9.47 Å². The van der Waals surface area contributed by atoms with Gasteiger partial charge in [-0.3, -0.25) is 0 Å². The summed E-state index contributed by atoms with van der Waals surface area (Å²) in [7, 11) is 0. The molecule has 0 saturated carbocycles. The van der Waals surface area contributed by atoms with Gasteiger partial charge in [0.15, 0.2) is 0 Å². The average Bonchev–Trinajstić information content (AvgIpc) is 2.88. The number of hydrogen-bond acceptors (Lipinski definition) is 5. The van der Waals surface area contributed by atoms with Crippen LogP contribution in [0, 0.1) is 0 Å². The van der Waals surface area contributed by atoms with Crippen LogP contribution in [0.15, 0.2) is 18.7 Å². The Morgan fingerprint density at radius 2 is 2.10 bits per heavy atom. The lowest BCUT2D eigenvalue weighted by Crippen LogP contribution is -2.38. The number of imidazole rings is 1. The Labute approximate surface area is 121 Å². The molecule has 6 heteroatoms. The van der Waals surface area contributed by atoms with Gasteiger partial charge in [0.25, 0.3) is 0 Å². The zero-order valence-corrected chi connectivity index (χ0v) is 12.7. The van der Waals surface area contributed by atoms with Crippen LogP contribution in [0.5, 0.6) is 0 Å². The van der Waals surface area contributed by atoms with Crippen LogP contribution >= 0.6 is 0 Å². The number of ether oxygens (including phenoxy) is 2. The second-order valence-electron chi connectivity index (χ2n) is 5.22. The number of aliphatic hydroxyl groups is 1. The van der Waals surface area contributed by atoms with Crippen LogP contribution in [0.3, 0.4) is 0 Å². The number of nitrogens with zero attached hydrogens (tertiary/aromatic N) is 2. The third-order valence-electron chi connectivity index (χ3n) is 2.73. The molecule has 2 N–H and O–H groups in total. The van der Waals surface area contributed by atoms with Crippen molar-refractivity contribution in [2.24, 2.45) is 0 Å². The largest absolute Gasteiger partial charge is 0.389 e. The van der Waals surface area contributed by atoms with Gasteiger partial charge in [-0.15, -0.1) is 0 Å². The lowest BCUT2D eigenvalue weighted by molar-refractivity contribution is -0.0105. The molecule has 1 rings (SSSR count). The summed E-state index contributed by atoms with van der Waals surface area (Å²) in [6.45, 7) is 8.79. The van der Waals surface area contributed by atoms with Crippen LogP contribution in [-0.2, 0) is 16.0 Å². The third-order valence-corrected chi connectivity index (χ3v) is 2.73. The Bertz CT molecular complexity index is 330. The van der Waals surface area contributed by atoms with E-state index in [1.807, 2.05) is 24.6 Å². The fraction of sp³-hybridized carbons (Fsp3) is 0.786. The zero-order chi connectivity index (χ0) is 14.8. The molecule has 0 aliphatic heterocycles. The Kier molecular flexibility index (Phi) is 8.45. The maximum absolute atomic E-state index is 9.79. The predicted molar refractivity (Wildman–Crippen MR) is 77.6 cm³/mol. The van der Waals surface area contributed by atoms with E-state index in [2.05, 4.69) is 17.2 Å². The number of aliphatic hydroxyl groups excluding tert-OH is 1. The number of nitrogens with one attached hydrogen (secondary N) is 1. The lowest BCUT2D eigenvalue weighted by Gasteiger charge is -2.17. The second kappa shape index (κ2) is 9.88. The molecule has 0 aliphatic rings. The maximum Gasteiger partial charge on any atom is 0.0946 e. The zero-order valence-electron chi connectivity index (χ0n) is 12.7. The minimum Gasteiger partial charge on any atom is -0.389 e. The first-order valence-corrected chi connectivity index (χ1v) is 7.14. The summed E-state index contributed by atoms with van der Waals surface area (Å²) in [5.41, 5.74) is 0. The van der Waals surface area contributed by atoms with Gasteiger partial charge in [0.05, 0.1) is 38.4 Å². The van der Waals surface area contributed by atoms with Gasteiger partial charge in [0.2, 0.25) is 0 Å². The normalized spacial score (nSPS) is 14.7. The van der Waals surface area contributed by atoms with Gasteiger partial charge >= 0.3 is 0 Å². The van der Waals surface area contributed by atoms with Crippen molar-refractivity contribution in [2.75, 3.05) is 26.4 Å². The quantitative estimate of drug-likeness (QED) is 0.585. The molecule has 0 fully saturated rings. The van der Waals surface area contributed by atoms with Gasteiger partial charge in [0.1, 0.15) is 0 Å². The molecule has 2 atom stereocenters. The van der Waals surface area contributed by atoms with E-state index in [-0.39, 0.29) is 12.1 Å². The highest BCUT2D eigenvalue weighted by atomic mass is 16.5. The summed E-state index contributed by atoms with van der Waals surface area (Å²) >= 11 is 0. The van der Waals surface area contributed by atoms with Crippen molar-refractivity contribution in [1.82, 2.24) is 14.9 Å². The summed E-state index contributed by atoms with van der Waals surface area (Å²) in [6.07, 6.45) is 5.18. The summed E-state index contributed by atoms with van der Waals surface area (Å²) in [5.74, 6) is 0. The molecule has 2 unspecified atom stereocenters. The van der Waals surface area contributed by atoms with E-state index >= 15 is 0 Å². The van der Waals surface area contributed by atoms with Gasteiger partial charge in [-0.25, -0.2) is 4.98 Å². The van der Waals surface area contributed by atoms with Crippen molar-refractivity contribution in [3.05, 3.63) is 18.7 Å². The first-order chi connectivity index (χ1) is 9.58. The van der Waals surface area contributed by atoms with E-state index in [0.29, 0.717) is 26.4 Å². The highest BCUT2D eigenvalue weighted by Gasteiger charge is 2.07. The SMILES string of the molecule is CC(Cn1ccnc1)NCC(O)COCCOC(C)C. The van der Waals surface area contributed by atoms with Gasteiger partial charge in [-0.1, -0.05) is 0 Å². The van der Waals surface area contributed by atoms with Crippen molar-refractivity contribution < 1.29 is 14.6 Å². The molecule has 0 bridgehead atoms. The monoisotopic (exact) mass is 285 g/mol. The smallest absolute Gasteiger partial charge is 0.0946 e. The van der Waals surface area contributed by atoms with E-state index in [0.717, 1.165) is 6.54 Å². The highest BCUT2D eigenvalue weighted by molar-refractivity contribution is 4.76. The Hall–Kier alpha value is -0.950. The molecule has 0 aromatic carbocycles. The van der Waals surface area contributed by atoms with E-state index in [1.165, 1.54) is 0 Å². The second-order valence-corrected chi connectivity index (χ2v) is 5.22. The fourth-order valence-electron chi connectivity index (χ4n) is 1.73. The van der Waals surface area contributed by atoms with Crippen molar-refractivity contribution in [1.29, 1.82) is 0 Å². The number of rotatable bonds is 11. The minimum absolute atomic E-state index is 0.217. The van der Waals surface area contributed by atoms with Gasteiger partial charge in [-0.2, -0.15) is 0 Å². The molecular formula is C14H27N3O3. The fourth-order valence-corrected chi connectivity index (χ4v) is 1.73. The highest BCUT2D eigenvalue weighted by Crippen LogP contribution is 1.93. The van der Waals surface area contributed by atoms with Crippen molar-refractivity contribution in [3.63, 3.8) is 0 Å². The van der Waals surface area contributed by atoms with E-state index in [1.54, 1.807) is 12.5 Å². The average molecular weight is 285 g/mol.